The number of aromatic carboxylic acids is 1. The third-order valence-electron chi connectivity index (χ3n) is 4.63. The number of carboxylic acids is 1. The van der Waals surface area contributed by atoms with E-state index < -0.39 is 17.8 Å². The molecule has 9 heteroatoms. The maximum atomic E-state index is 13.3. The highest BCUT2D eigenvalue weighted by molar-refractivity contribution is 7.80. The zero-order valence-electron chi connectivity index (χ0n) is 15.8. The minimum absolute atomic E-state index is 0.0271. The standard InChI is InChI=1S/C22H14FN3O4S/c23-14-6-8-15(9-7-14)25-10-2-5-16(25)12-18-19(27)24-22(31)26(20(18)28)17-4-1-3-13(11-17)21(29)30/h1-12H,(H,29,30)(H,24,27,31). The van der Waals surface area contributed by atoms with Gasteiger partial charge in [-0.1, -0.05) is 6.07 Å². The van der Waals surface area contributed by atoms with E-state index in [-0.39, 0.29) is 27.8 Å². The van der Waals surface area contributed by atoms with Crippen molar-refractivity contribution < 1.29 is 23.9 Å². The van der Waals surface area contributed by atoms with Gasteiger partial charge in [0.2, 0.25) is 0 Å². The molecule has 1 aromatic heterocycles. The number of amides is 2. The Bertz CT molecular complexity index is 1260. The van der Waals surface area contributed by atoms with E-state index in [1.54, 1.807) is 35.0 Å². The number of carbonyl (C=O) groups is 3. The lowest BCUT2D eigenvalue weighted by Gasteiger charge is -2.29. The minimum Gasteiger partial charge on any atom is -0.478 e. The molecule has 0 radical (unpaired) electrons. The fourth-order valence-electron chi connectivity index (χ4n) is 3.17. The number of halogens is 1. The molecule has 154 valence electrons. The van der Waals surface area contributed by atoms with Gasteiger partial charge in [0, 0.05) is 17.6 Å². The van der Waals surface area contributed by atoms with Gasteiger partial charge in [0.15, 0.2) is 5.11 Å². The van der Waals surface area contributed by atoms with Gasteiger partial charge in [-0.05, 0) is 72.9 Å². The zero-order chi connectivity index (χ0) is 22.1. The molecule has 0 unspecified atom stereocenters. The number of benzene rings is 2. The number of thiocarbonyl (C=S) groups is 1. The van der Waals surface area contributed by atoms with E-state index in [0.29, 0.717) is 11.4 Å². The number of anilines is 1. The van der Waals surface area contributed by atoms with Crippen molar-refractivity contribution in [3.8, 4) is 5.69 Å². The minimum atomic E-state index is -1.16. The summed E-state index contributed by atoms with van der Waals surface area (Å²) in [7, 11) is 0. The van der Waals surface area contributed by atoms with Crippen LogP contribution in [0.15, 0.2) is 72.4 Å². The normalized spacial score (nSPS) is 15.3. The summed E-state index contributed by atoms with van der Waals surface area (Å²) in [6, 6.07) is 14.8. The van der Waals surface area contributed by atoms with Crippen LogP contribution >= 0.6 is 12.2 Å². The molecule has 2 aromatic carbocycles. The molecule has 2 amide bonds. The van der Waals surface area contributed by atoms with E-state index in [9.17, 15) is 23.9 Å². The second kappa shape index (κ2) is 7.96. The molecule has 31 heavy (non-hydrogen) atoms. The van der Waals surface area contributed by atoms with Gasteiger partial charge in [-0.2, -0.15) is 0 Å². The van der Waals surface area contributed by atoms with E-state index in [4.69, 9.17) is 12.2 Å². The predicted molar refractivity (Wildman–Crippen MR) is 115 cm³/mol. The van der Waals surface area contributed by atoms with Crippen LogP contribution in [-0.2, 0) is 9.59 Å². The van der Waals surface area contributed by atoms with Crippen LogP contribution in [-0.4, -0.2) is 32.6 Å². The van der Waals surface area contributed by atoms with Gasteiger partial charge in [0.05, 0.1) is 11.3 Å². The molecule has 2 heterocycles. The van der Waals surface area contributed by atoms with Crippen LogP contribution in [0, 0.1) is 5.82 Å². The van der Waals surface area contributed by atoms with Crippen LogP contribution in [0.1, 0.15) is 16.1 Å². The van der Waals surface area contributed by atoms with Crippen LogP contribution in [0.4, 0.5) is 10.1 Å². The van der Waals surface area contributed by atoms with Crippen molar-refractivity contribution in [3.05, 3.63) is 89.5 Å². The summed E-state index contributed by atoms with van der Waals surface area (Å²) in [4.78, 5) is 38.0. The van der Waals surface area contributed by atoms with Crippen LogP contribution in [0.3, 0.4) is 0 Å². The van der Waals surface area contributed by atoms with Gasteiger partial charge in [0.25, 0.3) is 11.8 Å². The summed E-state index contributed by atoms with van der Waals surface area (Å²) >= 11 is 5.15. The van der Waals surface area contributed by atoms with Crippen molar-refractivity contribution in [1.82, 2.24) is 9.88 Å². The number of hydrogen-bond acceptors (Lipinski definition) is 4. The van der Waals surface area contributed by atoms with Gasteiger partial charge in [-0.15, -0.1) is 0 Å². The fraction of sp³-hybridized carbons (Fsp3) is 0. The average Bonchev–Trinajstić information content (AvgIpc) is 3.20. The van der Waals surface area contributed by atoms with Crippen molar-refractivity contribution in [1.29, 1.82) is 0 Å². The quantitative estimate of drug-likeness (QED) is 0.373. The Hall–Kier alpha value is -4.11. The summed E-state index contributed by atoms with van der Waals surface area (Å²) in [5, 5.41) is 11.5. The van der Waals surface area contributed by atoms with Gasteiger partial charge in [0.1, 0.15) is 11.4 Å². The van der Waals surface area contributed by atoms with E-state index in [0.717, 1.165) is 4.90 Å². The Balaban J connectivity index is 1.74. The van der Waals surface area contributed by atoms with Gasteiger partial charge < -0.3 is 9.67 Å². The third-order valence-corrected chi connectivity index (χ3v) is 4.91. The Morgan fingerprint density at radius 2 is 1.77 bits per heavy atom. The molecule has 2 N–H and O–H groups in total. The van der Waals surface area contributed by atoms with Crippen LogP contribution in [0.5, 0.6) is 0 Å². The van der Waals surface area contributed by atoms with E-state index >= 15 is 0 Å². The van der Waals surface area contributed by atoms with Crippen molar-refractivity contribution in [3.63, 3.8) is 0 Å². The van der Waals surface area contributed by atoms with Crippen LogP contribution < -0.4 is 10.2 Å². The van der Waals surface area contributed by atoms with Crippen molar-refractivity contribution in [2.75, 3.05) is 4.90 Å². The highest BCUT2D eigenvalue weighted by Gasteiger charge is 2.35. The van der Waals surface area contributed by atoms with Crippen LogP contribution in [0.2, 0.25) is 0 Å². The maximum Gasteiger partial charge on any atom is 0.335 e. The summed E-state index contributed by atoms with van der Waals surface area (Å²) in [5.41, 5.74) is 1.16. The Labute approximate surface area is 181 Å². The average molecular weight is 435 g/mol. The molecule has 0 saturated carbocycles. The van der Waals surface area contributed by atoms with Crippen molar-refractivity contribution in [2.24, 2.45) is 0 Å². The maximum absolute atomic E-state index is 13.3. The topological polar surface area (TPSA) is 91.6 Å². The zero-order valence-corrected chi connectivity index (χ0v) is 16.6. The third kappa shape index (κ3) is 3.86. The largest absolute Gasteiger partial charge is 0.478 e. The number of nitrogens with zero attached hydrogens (tertiary/aromatic N) is 2. The van der Waals surface area contributed by atoms with Gasteiger partial charge in [-0.3, -0.25) is 19.8 Å². The second-order valence-corrected chi connectivity index (χ2v) is 6.98. The first-order valence-electron chi connectivity index (χ1n) is 9.03. The van der Waals surface area contributed by atoms with E-state index in [1.807, 2.05) is 0 Å². The molecule has 0 bridgehead atoms. The number of aromatic nitrogens is 1. The summed E-state index contributed by atoms with van der Waals surface area (Å²) < 4.78 is 14.9. The predicted octanol–water partition coefficient (Wildman–Crippen LogP) is 3.15. The molecule has 0 atom stereocenters. The SMILES string of the molecule is O=C1NC(=S)N(c2cccc(C(=O)O)c2)C(=O)C1=Cc1cccn1-c1ccc(F)cc1. The lowest BCUT2D eigenvalue weighted by Crippen LogP contribution is -2.54. The molecular weight excluding hydrogens is 421 g/mol. The molecular formula is C22H14FN3O4S. The molecule has 7 nitrogen and oxygen atoms in total. The number of hydrogen-bond donors (Lipinski definition) is 2. The van der Waals surface area contributed by atoms with E-state index in [1.165, 1.54) is 42.5 Å². The number of carboxylic acid groups (broad SMARTS) is 1. The first kappa shape index (κ1) is 20.2. The van der Waals surface area contributed by atoms with Crippen LogP contribution in [0.25, 0.3) is 11.8 Å². The molecule has 1 aliphatic rings. The summed E-state index contributed by atoms with van der Waals surface area (Å²) in [5.74, 6) is -2.91. The Kier molecular flexibility index (Phi) is 5.18. The summed E-state index contributed by atoms with van der Waals surface area (Å²) in [6.45, 7) is 0. The fourth-order valence-corrected chi connectivity index (χ4v) is 3.45. The molecule has 1 aliphatic heterocycles. The Morgan fingerprint density at radius 3 is 2.48 bits per heavy atom. The molecule has 1 fully saturated rings. The number of nitrogens with one attached hydrogen (secondary N) is 1. The molecule has 1 saturated heterocycles. The lowest BCUT2D eigenvalue weighted by atomic mass is 10.1. The first-order valence-corrected chi connectivity index (χ1v) is 9.44. The highest BCUT2D eigenvalue weighted by atomic mass is 32.1. The van der Waals surface area contributed by atoms with Gasteiger partial charge >= 0.3 is 5.97 Å². The summed E-state index contributed by atoms with van der Waals surface area (Å²) in [6.07, 6.45) is 3.11. The number of rotatable bonds is 4. The first-order chi connectivity index (χ1) is 14.8. The van der Waals surface area contributed by atoms with E-state index in [2.05, 4.69) is 5.32 Å². The monoisotopic (exact) mass is 435 g/mol. The number of carbonyl (C=O) groups excluding carboxylic acids is 2. The highest BCUT2D eigenvalue weighted by Crippen LogP contribution is 2.24. The second-order valence-electron chi connectivity index (χ2n) is 6.59. The molecule has 3 aromatic rings. The van der Waals surface area contributed by atoms with Crippen molar-refractivity contribution >= 4 is 46.9 Å². The van der Waals surface area contributed by atoms with Gasteiger partial charge in [-0.25, -0.2) is 9.18 Å². The molecule has 0 spiro atoms. The molecule has 0 aliphatic carbocycles. The lowest BCUT2D eigenvalue weighted by molar-refractivity contribution is -0.122. The molecule has 4 rings (SSSR count). The van der Waals surface area contributed by atoms with Crippen molar-refractivity contribution in [2.45, 2.75) is 0 Å². The Morgan fingerprint density at radius 1 is 1.03 bits per heavy atom. The smallest absolute Gasteiger partial charge is 0.335 e.